The van der Waals surface area contributed by atoms with Gasteiger partial charge >= 0.3 is 0 Å². The summed E-state index contributed by atoms with van der Waals surface area (Å²) in [6.07, 6.45) is 2.35. The van der Waals surface area contributed by atoms with Gasteiger partial charge in [-0.15, -0.1) is 0 Å². The molecule has 0 amide bonds. The van der Waals surface area contributed by atoms with Crippen molar-refractivity contribution in [2.75, 3.05) is 0 Å². The van der Waals surface area contributed by atoms with Crippen LogP contribution in [0, 0.1) is 19.8 Å². The van der Waals surface area contributed by atoms with Crippen molar-refractivity contribution >= 4 is 0 Å². The summed E-state index contributed by atoms with van der Waals surface area (Å²) in [4.78, 5) is 4.41. The zero-order chi connectivity index (χ0) is 12.7. The monoisotopic (exact) mass is 243 g/mol. The largest absolute Gasteiger partial charge is 0.334 e. The second-order valence-electron chi connectivity index (χ2n) is 5.12. The van der Waals surface area contributed by atoms with E-state index >= 15 is 0 Å². The molecule has 1 saturated carbocycles. The van der Waals surface area contributed by atoms with Gasteiger partial charge in [-0.05, 0) is 55.9 Å². The lowest BCUT2D eigenvalue weighted by molar-refractivity contribution is 0.411. The minimum Gasteiger partial charge on any atom is -0.334 e. The Morgan fingerprint density at radius 3 is 2.72 bits per heavy atom. The first-order chi connectivity index (χ1) is 8.65. The number of aryl methyl sites for hydroxylation is 2. The molecule has 1 aliphatic rings. The summed E-state index contributed by atoms with van der Waals surface area (Å²) in [6, 6.07) is 6.06. The maximum Gasteiger partial charge on any atom is 0.257 e. The zero-order valence-electron chi connectivity index (χ0n) is 10.7. The molecule has 0 spiro atoms. The van der Waals surface area contributed by atoms with Crippen LogP contribution in [-0.4, -0.2) is 10.1 Å². The summed E-state index contributed by atoms with van der Waals surface area (Å²) in [7, 11) is 0. The highest BCUT2D eigenvalue weighted by molar-refractivity contribution is 5.55. The summed E-state index contributed by atoms with van der Waals surface area (Å²) >= 11 is 0. The number of rotatable bonds is 3. The van der Waals surface area contributed by atoms with Crippen LogP contribution in [0.3, 0.4) is 0 Å². The van der Waals surface area contributed by atoms with E-state index in [9.17, 15) is 0 Å². The van der Waals surface area contributed by atoms with Gasteiger partial charge in [-0.1, -0.05) is 11.2 Å². The average molecular weight is 243 g/mol. The first-order valence-corrected chi connectivity index (χ1v) is 6.32. The van der Waals surface area contributed by atoms with Crippen molar-refractivity contribution in [1.82, 2.24) is 10.1 Å². The molecule has 4 heteroatoms. The number of aromatic nitrogens is 2. The van der Waals surface area contributed by atoms with Gasteiger partial charge in [0.2, 0.25) is 0 Å². The first-order valence-electron chi connectivity index (χ1n) is 6.32. The molecule has 3 rings (SSSR count). The van der Waals surface area contributed by atoms with Gasteiger partial charge < -0.3 is 10.3 Å². The van der Waals surface area contributed by atoms with Gasteiger partial charge in [0.1, 0.15) is 0 Å². The summed E-state index contributed by atoms with van der Waals surface area (Å²) in [5, 5.41) is 3.99. The Balaban J connectivity index is 1.89. The van der Waals surface area contributed by atoms with Crippen molar-refractivity contribution < 1.29 is 4.52 Å². The quantitative estimate of drug-likeness (QED) is 0.900. The molecule has 0 radical (unpaired) electrons. The van der Waals surface area contributed by atoms with E-state index in [0.29, 0.717) is 17.6 Å². The van der Waals surface area contributed by atoms with Crippen LogP contribution in [0.2, 0.25) is 0 Å². The van der Waals surface area contributed by atoms with E-state index < -0.39 is 0 Å². The second kappa shape index (κ2) is 4.21. The molecule has 18 heavy (non-hydrogen) atoms. The predicted octanol–water partition coefficient (Wildman–Crippen LogP) is 2.76. The van der Waals surface area contributed by atoms with Crippen molar-refractivity contribution in [3.8, 4) is 11.5 Å². The maximum atomic E-state index is 6.06. The molecule has 0 aliphatic heterocycles. The molecule has 94 valence electrons. The summed E-state index contributed by atoms with van der Waals surface area (Å²) in [5.41, 5.74) is 9.50. The third kappa shape index (κ3) is 2.04. The van der Waals surface area contributed by atoms with Gasteiger partial charge in [-0.25, -0.2) is 0 Å². The molecule has 1 aliphatic carbocycles. The smallest absolute Gasteiger partial charge is 0.257 e. The lowest BCUT2D eigenvalue weighted by Crippen LogP contribution is -2.13. The minimum atomic E-state index is -0.0750. The molecule has 1 atom stereocenters. The number of benzene rings is 1. The molecule has 1 fully saturated rings. The Morgan fingerprint density at radius 2 is 2.06 bits per heavy atom. The molecule has 4 nitrogen and oxygen atoms in total. The standard InChI is InChI=1S/C14H17N3O/c1-8-3-4-11(7-9(8)2)14-16-13(17-18-14)12(15)10-5-6-10/h3-4,7,10,12H,5-6,15H2,1-2H3. The Bertz CT molecular complexity index is 572. The lowest BCUT2D eigenvalue weighted by Gasteiger charge is -2.02. The van der Waals surface area contributed by atoms with E-state index in [-0.39, 0.29) is 6.04 Å². The number of nitrogens with two attached hydrogens (primary N) is 1. The minimum absolute atomic E-state index is 0.0750. The SMILES string of the molecule is Cc1ccc(-c2nc(C(N)C3CC3)no2)cc1C. The van der Waals surface area contributed by atoms with Crippen molar-refractivity contribution in [2.45, 2.75) is 32.7 Å². The van der Waals surface area contributed by atoms with Crippen molar-refractivity contribution in [2.24, 2.45) is 11.7 Å². The first kappa shape index (κ1) is 11.4. The van der Waals surface area contributed by atoms with Crippen LogP contribution >= 0.6 is 0 Å². The Hall–Kier alpha value is -1.68. The fraction of sp³-hybridized carbons (Fsp3) is 0.429. The van der Waals surface area contributed by atoms with Gasteiger partial charge in [-0.2, -0.15) is 4.98 Å². The molecule has 2 aromatic rings. The Morgan fingerprint density at radius 1 is 1.28 bits per heavy atom. The highest BCUT2D eigenvalue weighted by Crippen LogP contribution is 2.38. The zero-order valence-corrected chi connectivity index (χ0v) is 10.7. The van der Waals surface area contributed by atoms with Gasteiger partial charge in [0, 0.05) is 5.56 Å². The Kier molecular flexibility index (Phi) is 2.67. The highest BCUT2D eigenvalue weighted by atomic mass is 16.5. The normalized spacial score (nSPS) is 16.8. The van der Waals surface area contributed by atoms with Gasteiger partial charge in [0.05, 0.1) is 6.04 Å². The van der Waals surface area contributed by atoms with Crippen molar-refractivity contribution in [3.05, 3.63) is 35.2 Å². The fourth-order valence-electron chi connectivity index (χ4n) is 2.03. The third-order valence-electron chi connectivity index (χ3n) is 3.62. The van der Waals surface area contributed by atoms with E-state index in [1.165, 1.54) is 24.0 Å². The van der Waals surface area contributed by atoms with Gasteiger partial charge in [-0.3, -0.25) is 0 Å². The molecule has 2 N–H and O–H groups in total. The summed E-state index contributed by atoms with van der Waals surface area (Å²) in [6.45, 7) is 4.16. The molecule has 0 bridgehead atoms. The van der Waals surface area contributed by atoms with Crippen LogP contribution in [-0.2, 0) is 0 Å². The molecular weight excluding hydrogens is 226 g/mol. The van der Waals surface area contributed by atoms with Crippen LogP contribution in [0.4, 0.5) is 0 Å². The molecular formula is C14H17N3O. The van der Waals surface area contributed by atoms with E-state index in [1.54, 1.807) is 0 Å². The lowest BCUT2D eigenvalue weighted by atomic mass is 10.1. The Labute approximate surface area is 106 Å². The topological polar surface area (TPSA) is 64.9 Å². The second-order valence-corrected chi connectivity index (χ2v) is 5.12. The van der Waals surface area contributed by atoms with Crippen LogP contribution in [0.15, 0.2) is 22.7 Å². The van der Waals surface area contributed by atoms with E-state index in [0.717, 1.165) is 5.56 Å². The molecule has 1 heterocycles. The average Bonchev–Trinajstić information content (AvgIpc) is 3.09. The molecule has 1 aromatic heterocycles. The molecule has 0 saturated heterocycles. The number of hydrogen-bond acceptors (Lipinski definition) is 4. The van der Waals surface area contributed by atoms with Crippen molar-refractivity contribution in [1.29, 1.82) is 0 Å². The number of nitrogens with zero attached hydrogens (tertiary/aromatic N) is 2. The summed E-state index contributed by atoms with van der Waals surface area (Å²) in [5.74, 6) is 1.73. The fourth-order valence-corrected chi connectivity index (χ4v) is 2.03. The highest BCUT2D eigenvalue weighted by Gasteiger charge is 2.32. The van der Waals surface area contributed by atoms with E-state index in [4.69, 9.17) is 10.3 Å². The van der Waals surface area contributed by atoms with Crippen LogP contribution in [0.25, 0.3) is 11.5 Å². The van der Waals surface area contributed by atoms with Crippen LogP contribution in [0.1, 0.15) is 35.8 Å². The predicted molar refractivity (Wildman–Crippen MR) is 68.9 cm³/mol. The van der Waals surface area contributed by atoms with Crippen molar-refractivity contribution in [3.63, 3.8) is 0 Å². The van der Waals surface area contributed by atoms with E-state index in [1.807, 2.05) is 6.07 Å². The maximum absolute atomic E-state index is 6.06. The number of hydrogen-bond donors (Lipinski definition) is 1. The van der Waals surface area contributed by atoms with E-state index in [2.05, 4.69) is 36.1 Å². The van der Waals surface area contributed by atoms with Crippen LogP contribution < -0.4 is 5.73 Å². The summed E-state index contributed by atoms with van der Waals surface area (Å²) < 4.78 is 5.30. The van der Waals surface area contributed by atoms with Gasteiger partial charge in [0.25, 0.3) is 5.89 Å². The molecule has 1 unspecified atom stereocenters. The van der Waals surface area contributed by atoms with Gasteiger partial charge in [0.15, 0.2) is 5.82 Å². The van der Waals surface area contributed by atoms with Crippen LogP contribution in [0.5, 0.6) is 0 Å². The molecule has 1 aromatic carbocycles. The third-order valence-corrected chi connectivity index (χ3v) is 3.62.